The van der Waals surface area contributed by atoms with Crippen molar-refractivity contribution in [3.8, 4) is 0 Å². The Morgan fingerprint density at radius 2 is 2.00 bits per heavy atom. The number of ether oxygens (including phenoxy) is 1. The van der Waals surface area contributed by atoms with E-state index in [-0.39, 0.29) is 12.2 Å². The molecule has 18 heavy (non-hydrogen) atoms. The normalized spacial score (nSPS) is 23.4. The van der Waals surface area contributed by atoms with Crippen LogP contribution >= 0.6 is 0 Å². The van der Waals surface area contributed by atoms with Crippen molar-refractivity contribution < 1.29 is 9.53 Å². The van der Waals surface area contributed by atoms with Crippen molar-refractivity contribution in [2.24, 2.45) is 5.92 Å². The molecule has 3 heteroatoms. The highest BCUT2D eigenvalue weighted by molar-refractivity contribution is 5.85. The summed E-state index contributed by atoms with van der Waals surface area (Å²) in [5.74, 6) is 0.473. The SMILES string of the molecule is Cc1ccccc1NC(=O)O[C@H]1CCCC[C@H]1C. The molecule has 98 valence electrons. The maximum absolute atomic E-state index is 11.8. The lowest BCUT2D eigenvalue weighted by atomic mass is 9.88. The van der Waals surface area contributed by atoms with Gasteiger partial charge in [0.15, 0.2) is 0 Å². The molecule has 0 radical (unpaired) electrons. The summed E-state index contributed by atoms with van der Waals surface area (Å²) >= 11 is 0. The van der Waals surface area contributed by atoms with Crippen molar-refractivity contribution >= 4 is 11.8 Å². The van der Waals surface area contributed by atoms with Gasteiger partial charge in [-0.15, -0.1) is 0 Å². The van der Waals surface area contributed by atoms with E-state index < -0.39 is 0 Å². The number of carbonyl (C=O) groups is 1. The first-order valence-corrected chi connectivity index (χ1v) is 6.70. The van der Waals surface area contributed by atoms with E-state index in [4.69, 9.17) is 4.74 Å². The lowest BCUT2D eigenvalue weighted by Gasteiger charge is -2.28. The van der Waals surface area contributed by atoms with E-state index in [0.29, 0.717) is 5.92 Å². The van der Waals surface area contributed by atoms with Crippen LogP contribution in [0.5, 0.6) is 0 Å². The van der Waals surface area contributed by atoms with Gasteiger partial charge in [0.05, 0.1) is 0 Å². The van der Waals surface area contributed by atoms with Crippen molar-refractivity contribution in [1.29, 1.82) is 0 Å². The molecule has 1 fully saturated rings. The van der Waals surface area contributed by atoms with Gasteiger partial charge in [0, 0.05) is 5.69 Å². The summed E-state index contributed by atoms with van der Waals surface area (Å²) in [5.41, 5.74) is 1.87. The summed E-state index contributed by atoms with van der Waals surface area (Å²) < 4.78 is 5.51. The summed E-state index contributed by atoms with van der Waals surface area (Å²) in [5, 5.41) is 2.82. The first kappa shape index (κ1) is 12.9. The molecule has 0 saturated heterocycles. The molecule has 0 spiro atoms. The maximum Gasteiger partial charge on any atom is 0.411 e. The predicted molar refractivity (Wildman–Crippen MR) is 72.7 cm³/mol. The van der Waals surface area contributed by atoms with Crippen LogP contribution in [0.2, 0.25) is 0 Å². The number of nitrogens with one attached hydrogen (secondary N) is 1. The molecular weight excluding hydrogens is 226 g/mol. The van der Waals surface area contributed by atoms with Crippen LogP contribution in [0.3, 0.4) is 0 Å². The van der Waals surface area contributed by atoms with Crippen molar-refractivity contribution in [2.45, 2.75) is 45.6 Å². The summed E-state index contributed by atoms with van der Waals surface area (Å²) in [4.78, 5) is 11.8. The van der Waals surface area contributed by atoms with Crippen LogP contribution < -0.4 is 5.32 Å². The Morgan fingerprint density at radius 1 is 1.28 bits per heavy atom. The number of aryl methyl sites for hydroxylation is 1. The molecule has 1 aromatic carbocycles. The van der Waals surface area contributed by atoms with Gasteiger partial charge in [-0.25, -0.2) is 4.79 Å². The van der Waals surface area contributed by atoms with Crippen molar-refractivity contribution in [2.75, 3.05) is 5.32 Å². The topological polar surface area (TPSA) is 38.3 Å². The minimum Gasteiger partial charge on any atom is -0.446 e. The number of hydrogen-bond acceptors (Lipinski definition) is 2. The lowest BCUT2D eigenvalue weighted by molar-refractivity contribution is 0.0524. The Hall–Kier alpha value is -1.51. The quantitative estimate of drug-likeness (QED) is 0.853. The standard InChI is InChI=1S/C15H21NO2/c1-11-7-3-5-9-13(11)16-15(17)18-14-10-6-4-8-12(14)2/h3,5,7,9,12,14H,4,6,8,10H2,1-2H3,(H,16,17)/t12-,14+/m1/s1. The predicted octanol–water partition coefficient (Wildman–Crippen LogP) is 4.12. The molecule has 0 aromatic heterocycles. The average molecular weight is 247 g/mol. The third-order valence-electron chi connectivity index (χ3n) is 3.67. The highest BCUT2D eigenvalue weighted by atomic mass is 16.6. The minimum absolute atomic E-state index is 0.0720. The molecule has 2 atom stereocenters. The number of amides is 1. The Morgan fingerprint density at radius 3 is 2.72 bits per heavy atom. The van der Waals surface area contributed by atoms with Crippen LogP contribution in [0, 0.1) is 12.8 Å². The molecule has 3 nitrogen and oxygen atoms in total. The molecule has 1 aliphatic rings. The molecule has 0 aliphatic heterocycles. The fraction of sp³-hybridized carbons (Fsp3) is 0.533. The van der Waals surface area contributed by atoms with Crippen LogP contribution in [0.1, 0.15) is 38.2 Å². The second kappa shape index (κ2) is 5.89. The van der Waals surface area contributed by atoms with Gasteiger partial charge >= 0.3 is 6.09 Å². The zero-order valence-corrected chi connectivity index (χ0v) is 11.1. The van der Waals surface area contributed by atoms with E-state index in [0.717, 1.165) is 30.5 Å². The second-order valence-electron chi connectivity index (χ2n) is 5.15. The molecular formula is C15H21NO2. The van der Waals surface area contributed by atoms with Gasteiger partial charge < -0.3 is 4.74 Å². The van der Waals surface area contributed by atoms with Crippen LogP contribution in [0.15, 0.2) is 24.3 Å². The molecule has 1 amide bonds. The number of para-hydroxylation sites is 1. The Bertz CT molecular complexity index is 417. The Kier molecular flexibility index (Phi) is 4.24. The first-order chi connectivity index (χ1) is 8.66. The van der Waals surface area contributed by atoms with Crippen molar-refractivity contribution in [3.05, 3.63) is 29.8 Å². The van der Waals surface area contributed by atoms with Gasteiger partial charge in [0.25, 0.3) is 0 Å². The summed E-state index contributed by atoms with van der Waals surface area (Å²) in [6.45, 7) is 4.13. The fourth-order valence-electron chi connectivity index (χ4n) is 2.45. The zero-order chi connectivity index (χ0) is 13.0. The Balaban J connectivity index is 1.90. The maximum atomic E-state index is 11.8. The van der Waals surface area contributed by atoms with E-state index in [1.165, 1.54) is 6.42 Å². The molecule has 1 N–H and O–H groups in total. The summed E-state index contributed by atoms with van der Waals surface area (Å²) in [6, 6.07) is 7.72. The molecule has 0 heterocycles. The third kappa shape index (κ3) is 3.25. The monoisotopic (exact) mass is 247 g/mol. The van der Waals surface area contributed by atoms with E-state index in [9.17, 15) is 4.79 Å². The van der Waals surface area contributed by atoms with Gasteiger partial charge in [0.1, 0.15) is 6.10 Å². The molecule has 1 aromatic rings. The molecule has 2 rings (SSSR count). The highest BCUT2D eigenvalue weighted by Crippen LogP contribution is 2.26. The average Bonchev–Trinajstić information content (AvgIpc) is 2.35. The highest BCUT2D eigenvalue weighted by Gasteiger charge is 2.24. The van der Waals surface area contributed by atoms with Gasteiger partial charge in [-0.3, -0.25) is 5.32 Å². The van der Waals surface area contributed by atoms with Gasteiger partial charge in [-0.1, -0.05) is 31.5 Å². The molecule has 0 bridgehead atoms. The van der Waals surface area contributed by atoms with E-state index >= 15 is 0 Å². The third-order valence-corrected chi connectivity index (χ3v) is 3.67. The molecule has 1 aliphatic carbocycles. The first-order valence-electron chi connectivity index (χ1n) is 6.70. The van der Waals surface area contributed by atoms with Gasteiger partial charge in [-0.2, -0.15) is 0 Å². The van der Waals surface area contributed by atoms with Gasteiger partial charge in [0.2, 0.25) is 0 Å². The minimum atomic E-state index is -0.331. The number of hydrogen-bond donors (Lipinski definition) is 1. The second-order valence-corrected chi connectivity index (χ2v) is 5.15. The summed E-state index contributed by atoms with van der Waals surface area (Å²) in [7, 11) is 0. The van der Waals surface area contributed by atoms with Crippen LogP contribution in [0.4, 0.5) is 10.5 Å². The summed E-state index contributed by atoms with van der Waals surface area (Å²) in [6.07, 6.45) is 4.29. The van der Waals surface area contributed by atoms with Crippen LogP contribution in [0.25, 0.3) is 0 Å². The van der Waals surface area contributed by atoms with Gasteiger partial charge in [-0.05, 0) is 43.7 Å². The van der Waals surface area contributed by atoms with Crippen LogP contribution in [-0.4, -0.2) is 12.2 Å². The van der Waals surface area contributed by atoms with Crippen molar-refractivity contribution in [3.63, 3.8) is 0 Å². The largest absolute Gasteiger partial charge is 0.446 e. The smallest absolute Gasteiger partial charge is 0.411 e. The fourth-order valence-corrected chi connectivity index (χ4v) is 2.45. The lowest BCUT2D eigenvalue weighted by Crippen LogP contribution is -2.30. The zero-order valence-electron chi connectivity index (χ0n) is 11.1. The van der Waals surface area contributed by atoms with E-state index in [2.05, 4.69) is 12.2 Å². The number of carbonyl (C=O) groups excluding carboxylic acids is 1. The molecule has 1 saturated carbocycles. The van der Waals surface area contributed by atoms with E-state index in [1.54, 1.807) is 0 Å². The van der Waals surface area contributed by atoms with Crippen LogP contribution in [-0.2, 0) is 4.74 Å². The number of anilines is 1. The Labute approximate surface area is 109 Å². The van der Waals surface area contributed by atoms with Crippen molar-refractivity contribution in [1.82, 2.24) is 0 Å². The molecule has 0 unspecified atom stereocenters. The number of benzene rings is 1. The number of rotatable bonds is 2. The van der Waals surface area contributed by atoms with E-state index in [1.807, 2.05) is 31.2 Å².